The van der Waals surface area contributed by atoms with Crippen LogP contribution in [-0.2, 0) is 4.79 Å². The quantitative estimate of drug-likeness (QED) is 0.568. The molecule has 0 bridgehead atoms. The van der Waals surface area contributed by atoms with E-state index in [0.29, 0.717) is 12.2 Å². The minimum absolute atomic E-state index is 0.0509. The zero-order valence-corrected chi connectivity index (χ0v) is 7.77. The molecule has 0 aliphatic carbocycles. The van der Waals surface area contributed by atoms with E-state index in [1.807, 2.05) is 27.9 Å². The maximum Gasteiger partial charge on any atom is 0.138 e. The van der Waals surface area contributed by atoms with E-state index in [0.717, 1.165) is 0 Å². The lowest BCUT2D eigenvalue weighted by molar-refractivity contribution is -0.123. The highest BCUT2D eigenvalue weighted by atomic mass is 16.1. The molecule has 0 aromatic carbocycles. The van der Waals surface area contributed by atoms with E-state index in [1.54, 1.807) is 0 Å². The molecule has 0 spiro atoms. The van der Waals surface area contributed by atoms with Crippen molar-refractivity contribution in [3.8, 4) is 0 Å². The Hall–Kier alpha value is -0.410. The molecule has 3 nitrogen and oxygen atoms in total. The first-order valence-electron chi connectivity index (χ1n) is 4.04. The van der Waals surface area contributed by atoms with Gasteiger partial charge in [0.1, 0.15) is 5.78 Å². The summed E-state index contributed by atoms with van der Waals surface area (Å²) in [7, 11) is 3.70. The number of carbonyl (C=O) groups is 1. The Balaban J connectivity index is 3.97. The summed E-state index contributed by atoms with van der Waals surface area (Å²) in [5, 5.41) is 6.07. The van der Waals surface area contributed by atoms with Crippen molar-refractivity contribution in [3.05, 3.63) is 0 Å². The molecule has 0 radical (unpaired) electrons. The first-order valence-corrected chi connectivity index (χ1v) is 4.04. The molecule has 0 unspecified atom stereocenters. The van der Waals surface area contributed by atoms with E-state index in [1.165, 1.54) is 0 Å². The summed E-state index contributed by atoms with van der Waals surface area (Å²) in [6, 6.07) is 0. The largest absolute Gasteiger partial charge is 0.304 e. The fraction of sp³-hybridized carbons (Fsp3) is 0.875. The molecule has 0 aromatic heterocycles. The predicted molar refractivity (Wildman–Crippen MR) is 46.4 cm³/mol. The fourth-order valence-corrected chi connectivity index (χ4v) is 1.15. The Bertz CT molecular complexity index is 121. The smallest absolute Gasteiger partial charge is 0.138 e. The third kappa shape index (κ3) is 2.99. The first kappa shape index (κ1) is 10.6. The molecule has 0 rings (SSSR count). The highest BCUT2D eigenvalue weighted by Gasteiger charge is 2.18. The van der Waals surface area contributed by atoms with Gasteiger partial charge in [0.15, 0.2) is 0 Å². The van der Waals surface area contributed by atoms with E-state index in [-0.39, 0.29) is 12.1 Å². The van der Waals surface area contributed by atoms with Gasteiger partial charge in [-0.15, -0.1) is 0 Å². The second-order valence-corrected chi connectivity index (χ2v) is 2.66. The Morgan fingerprint density at radius 1 is 1.36 bits per heavy atom. The maximum absolute atomic E-state index is 11.2. The van der Waals surface area contributed by atoms with Gasteiger partial charge < -0.3 is 10.6 Å². The number of hydrogen-bond acceptors (Lipinski definition) is 3. The van der Waals surface area contributed by atoms with Gasteiger partial charge in [-0.05, 0) is 14.1 Å². The van der Waals surface area contributed by atoms with Crippen molar-refractivity contribution in [1.29, 1.82) is 0 Å². The van der Waals surface area contributed by atoms with E-state index in [2.05, 4.69) is 10.6 Å². The Kier molecular flexibility index (Phi) is 5.07. The topological polar surface area (TPSA) is 41.1 Å². The van der Waals surface area contributed by atoms with Crippen LogP contribution in [0.25, 0.3) is 0 Å². The molecule has 2 N–H and O–H groups in total. The van der Waals surface area contributed by atoms with Gasteiger partial charge in [0.05, 0.1) is 6.17 Å². The van der Waals surface area contributed by atoms with Crippen LogP contribution in [0.1, 0.15) is 20.3 Å². The molecule has 0 aliphatic rings. The Morgan fingerprint density at radius 3 is 2.09 bits per heavy atom. The van der Waals surface area contributed by atoms with Crippen molar-refractivity contribution >= 4 is 5.78 Å². The van der Waals surface area contributed by atoms with E-state index >= 15 is 0 Å². The van der Waals surface area contributed by atoms with Gasteiger partial charge in [-0.3, -0.25) is 4.79 Å². The molecule has 3 heteroatoms. The molecule has 11 heavy (non-hydrogen) atoms. The predicted octanol–water partition coefficient (Wildman–Crippen LogP) is 0.366. The van der Waals surface area contributed by atoms with Crippen LogP contribution >= 0.6 is 0 Å². The second-order valence-electron chi connectivity index (χ2n) is 2.66. The molecule has 0 heterocycles. The van der Waals surface area contributed by atoms with E-state index in [4.69, 9.17) is 0 Å². The molecule has 0 aromatic rings. The maximum atomic E-state index is 11.2. The molecule has 0 fully saturated rings. The number of carbonyl (C=O) groups excluding carboxylic acids is 1. The molecule has 0 saturated carbocycles. The molecule has 0 amide bonds. The van der Waals surface area contributed by atoms with Crippen LogP contribution in [0, 0.1) is 5.92 Å². The normalized spacial score (nSPS) is 13.5. The number of nitrogens with one attached hydrogen (secondary N) is 2. The van der Waals surface area contributed by atoms with Crippen LogP contribution in [0.15, 0.2) is 0 Å². The average molecular weight is 158 g/mol. The zero-order chi connectivity index (χ0) is 8.85. The Labute approximate surface area is 68.6 Å². The molecule has 66 valence electrons. The lowest BCUT2D eigenvalue weighted by Gasteiger charge is -2.21. The summed E-state index contributed by atoms with van der Waals surface area (Å²) in [5.41, 5.74) is 0. The minimum atomic E-state index is 0.0509. The molecule has 0 saturated heterocycles. The van der Waals surface area contributed by atoms with E-state index < -0.39 is 0 Å². The van der Waals surface area contributed by atoms with Crippen molar-refractivity contribution < 1.29 is 4.79 Å². The first-order chi connectivity index (χ1) is 5.17. The van der Waals surface area contributed by atoms with Crippen LogP contribution in [0.4, 0.5) is 0 Å². The summed E-state index contributed by atoms with van der Waals surface area (Å²) in [6.07, 6.45) is 0.712. The summed E-state index contributed by atoms with van der Waals surface area (Å²) in [4.78, 5) is 11.2. The number of rotatable bonds is 5. The SMILES string of the molecule is CCC(=O)[C@H](C)C(NC)NC. The Morgan fingerprint density at radius 2 is 1.82 bits per heavy atom. The summed E-state index contributed by atoms with van der Waals surface area (Å²) in [5.74, 6) is 0.341. The van der Waals surface area contributed by atoms with Crippen molar-refractivity contribution in [2.75, 3.05) is 14.1 Å². The molecule has 0 aliphatic heterocycles. The van der Waals surface area contributed by atoms with Gasteiger partial charge in [-0.2, -0.15) is 0 Å². The lowest BCUT2D eigenvalue weighted by Crippen LogP contribution is -2.45. The number of hydrogen-bond donors (Lipinski definition) is 2. The molecular formula is C8H18N2O. The van der Waals surface area contributed by atoms with E-state index in [9.17, 15) is 4.79 Å². The zero-order valence-electron chi connectivity index (χ0n) is 7.77. The van der Waals surface area contributed by atoms with Crippen LogP contribution in [0.2, 0.25) is 0 Å². The van der Waals surface area contributed by atoms with Crippen molar-refractivity contribution in [2.45, 2.75) is 26.4 Å². The second kappa shape index (κ2) is 5.27. The van der Waals surface area contributed by atoms with Gasteiger partial charge in [0.2, 0.25) is 0 Å². The van der Waals surface area contributed by atoms with Gasteiger partial charge in [0, 0.05) is 12.3 Å². The van der Waals surface area contributed by atoms with Gasteiger partial charge >= 0.3 is 0 Å². The van der Waals surface area contributed by atoms with Crippen LogP contribution < -0.4 is 10.6 Å². The van der Waals surface area contributed by atoms with Crippen molar-refractivity contribution in [3.63, 3.8) is 0 Å². The third-order valence-electron chi connectivity index (χ3n) is 1.98. The molecule has 1 atom stereocenters. The minimum Gasteiger partial charge on any atom is -0.304 e. The average Bonchev–Trinajstić information content (AvgIpc) is 2.05. The lowest BCUT2D eigenvalue weighted by atomic mass is 10.0. The third-order valence-corrected chi connectivity index (χ3v) is 1.98. The number of Topliss-reactive ketones (excluding diaryl/α,β-unsaturated/α-hetero) is 1. The van der Waals surface area contributed by atoms with Crippen LogP contribution in [0.3, 0.4) is 0 Å². The molecular weight excluding hydrogens is 140 g/mol. The highest BCUT2D eigenvalue weighted by Crippen LogP contribution is 2.03. The highest BCUT2D eigenvalue weighted by molar-refractivity contribution is 5.80. The summed E-state index contributed by atoms with van der Waals surface area (Å²) < 4.78 is 0. The number of ketones is 1. The van der Waals surface area contributed by atoms with Crippen LogP contribution in [0.5, 0.6) is 0 Å². The van der Waals surface area contributed by atoms with Gasteiger partial charge in [0.25, 0.3) is 0 Å². The standard InChI is InChI=1S/C8H18N2O/c1-5-7(11)6(2)8(9-3)10-4/h6,8-10H,5H2,1-4H3/t6-/m0/s1. The van der Waals surface area contributed by atoms with Gasteiger partial charge in [-0.25, -0.2) is 0 Å². The fourth-order valence-electron chi connectivity index (χ4n) is 1.15. The van der Waals surface area contributed by atoms with Crippen molar-refractivity contribution in [1.82, 2.24) is 10.6 Å². The van der Waals surface area contributed by atoms with Crippen LogP contribution in [-0.4, -0.2) is 26.0 Å². The summed E-state index contributed by atoms with van der Waals surface area (Å²) >= 11 is 0. The van der Waals surface area contributed by atoms with Crippen molar-refractivity contribution in [2.24, 2.45) is 5.92 Å². The van der Waals surface area contributed by atoms with Gasteiger partial charge in [-0.1, -0.05) is 13.8 Å². The monoisotopic (exact) mass is 158 g/mol. The summed E-state index contributed by atoms with van der Waals surface area (Å²) in [6.45, 7) is 3.82.